The van der Waals surface area contributed by atoms with Crippen molar-refractivity contribution in [3.05, 3.63) is 0 Å². The molecular formula is C14H27NO2. The second-order valence-electron chi connectivity index (χ2n) is 5.91. The molecule has 2 fully saturated rings. The summed E-state index contributed by atoms with van der Waals surface area (Å²) < 4.78 is 11.5. The smallest absolute Gasteiger partial charge is 0.0666 e. The molecule has 0 amide bonds. The summed E-state index contributed by atoms with van der Waals surface area (Å²) in [5.41, 5.74) is 0.0900. The summed E-state index contributed by atoms with van der Waals surface area (Å²) in [7, 11) is 0. The van der Waals surface area contributed by atoms with Gasteiger partial charge in [0.2, 0.25) is 0 Å². The van der Waals surface area contributed by atoms with Crippen LogP contribution in [0.25, 0.3) is 0 Å². The lowest BCUT2D eigenvalue weighted by molar-refractivity contribution is -0.0816. The van der Waals surface area contributed by atoms with E-state index in [1.807, 2.05) is 0 Å². The number of hydrogen-bond acceptors (Lipinski definition) is 3. The molecule has 2 aliphatic rings. The Morgan fingerprint density at radius 2 is 2.00 bits per heavy atom. The largest absolute Gasteiger partial charge is 0.378 e. The third kappa shape index (κ3) is 3.67. The molecular weight excluding hydrogens is 214 g/mol. The predicted molar refractivity (Wildman–Crippen MR) is 69.2 cm³/mol. The van der Waals surface area contributed by atoms with Crippen LogP contribution >= 0.6 is 0 Å². The molecule has 100 valence electrons. The Morgan fingerprint density at radius 1 is 1.24 bits per heavy atom. The third-order valence-electron chi connectivity index (χ3n) is 4.30. The van der Waals surface area contributed by atoms with Gasteiger partial charge in [-0.05, 0) is 46.0 Å². The van der Waals surface area contributed by atoms with Gasteiger partial charge in [-0.1, -0.05) is 6.92 Å². The summed E-state index contributed by atoms with van der Waals surface area (Å²) in [6.45, 7) is 8.45. The van der Waals surface area contributed by atoms with Crippen molar-refractivity contribution in [2.75, 3.05) is 13.2 Å². The first-order valence-electron chi connectivity index (χ1n) is 7.13. The number of rotatable bonds is 3. The summed E-state index contributed by atoms with van der Waals surface area (Å²) in [5.74, 6) is 0. The molecule has 0 radical (unpaired) electrons. The van der Waals surface area contributed by atoms with Crippen LogP contribution in [0.1, 0.15) is 52.9 Å². The molecule has 0 aromatic rings. The molecule has 2 rings (SSSR count). The molecule has 4 unspecified atom stereocenters. The van der Waals surface area contributed by atoms with Gasteiger partial charge < -0.3 is 14.8 Å². The van der Waals surface area contributed by atoms with E-state index in [0.29, 0.717) is 18.2 Å². The number of nitrogens with one attached hydrogen (secondary N) is 1. The highest BCUT2D eigenvalue weighted by Gasteiger charge is 2.33. The zero-order valence-corrected chi connectivity index (χ0v) is 11.5. The fourth-order valence-corrected chi connectivity index (χ4v) is 3.00. The van der Waals surface area contributed by atoms with Crippen LogP contribution in [-0.2, 0) is 9.47 Å². The molecule has 4 atom stereocenters. The van der Waals surface area contributed by atoms with Gasteiger partial charge in [-0.25, -0.2) is 0 Å². The van der Waals surface area contributed by atoms with Crippen molar-refractivity contribution < 1.29 is 9.47 Å². The highest BCUT2D eigenvalue weighted by molar-refractivity contribution is 4.88. The van der Waals surface area contributed by atoms with Crippen LogP contribution in [0.4, 0.5) is 0 Å². The van der Waals surface area contributed by atoms with E-state index in [9.17, 15) is 0 Å². The maximum absolute atomic E-state index is 5.89. The Balaban J connectivity index is 1.82. The Labute approximate surface area is 105 Å². The maximum Gasteiger partial charge on any atom is 0.0666 e. The van der Waals surface area contributed by atoms with E-state index in [2.05, 4.69) is 26.1 Å². The van der Waals surface area contributed by atoms with Gasteiger partial charge in [0.05, 0.1) is 11.7 Å². The fraction of sp³-hybridized carbons (Fsp3) is 1.00. The first-order valence-corrected chi connectivity index (χ1v) is 7.13. The van der Waals surface area contributed by atoms with Crippen molar-refractivity contribution in [3.8, 4) is 0 Å². The lowest BCUT2D eigenvalue weighted by Crippen LogP contribution is -2.50. The van der Waals surface area contributed by atoms with Crippen molar-refractivity contribution in [3.63, 3.8) is 0 Å². The molecule has 3 heteroatoms. The highest BCUT2D eigenvalue weighted by atomic mass is 16.5. The minimum absolute atomic E-state index is 0.0900. The van der Waals surface area contributed by atoms with E-state index in [1.165, 1.54) is 0 Å². The highest BCUT2D eigenvalue weighted by Crippen LogP contribution is 2.28. The first-order chi connectivity index (χ1) is 8.11. The monoisotopic (exact) mass is 241 g/mol. The van der Waals surface area contributed by atoms with Crippen LogP contribution in [-0.4, -0.2) is 37.0 Å². The Morgan fingerprint density at radius 3 is 2.71 bits per heavy atom. The van der Waals surface area contributed by atoms with Gasteiger partial charge >= 0.3 is 0 Å². The van der Waals surface area contributed by atoms with Gasteiger partial charge in [-0.2, -0.15) is 0 Å². The molecule has 0 bridgehead atoms. The van der Waals surface area contributed by atoms with Crippen LogP contribution in [0.3, 0.4) is 0 Å². The zero-order valence-electron chi connectivity index (χ0n) is 11.5. The average Bonchev–Trinajstić information content (AvgIpc) is 2.29. The fourth-order valence-electron chi connectivity index (χ4n) is 3.00. The van der Waals surface area contributed by atoms with Crippen molar-refractivity contribution in [1.82, 2.24) is 5.32 Å². The van der Waals surface area contributed by atoms with Crippen molar-refractivity contribution in [1.29, 1.82) is 0 Å². The van der Waals surface area contributed by atoms with Gasteiger partial charge in [-0.15, -0.1) is 0 Å². The molecule has 17 heavy (non-hydrogen) atoms. The topological polar surface area (TPSA) is 30.5 Å². The minimum atomic E-state index is 0.0900. The van der Waals surface area contributed by atoms with Gasteiger partial charge in [-0.3, -0.25) is 0 Å². The Hall–Kier alpha value is -0.120. The second-order valence-corrected chi connectivity index (χ2v) is 5.91. The van der Waals surface area contributed by atoms with Crippen LogP contribution in [0, 0.1) is 0 Å². The average molecular weight is 241 g/mol. The predicted octanol–water partition coefficient (Wildman–Crippen LogP) is 2.49. The molecule has 2 saturated heterocycles. The first kappa shape index (κ1) is 13.3. The van der Waals surface area contributed by atoms with E-state index in [1.54, 1.807) is 0 Å². The minimum Gasteiger partial charge on any atom is -0.378 e. The lowest BCUT2D eigenvalue weighted by Gasteiger charge is -2.40. The lowest BCUT2D eigenvalue weighted by atomic mass is 9.89. The van der Waals surface area contributed by atoms with Gasteiger partial charge in [0.25, 0.3) is 0 Å². The molecule has 3 nitrogen and oxygen atoms in total. The summed E-state index contributed by atoms with van der Waals surface area (Å²) in [6.07, 6.45) is 6.13. The Kier molecular flexibility index (Phi) is 4.45. The maximum atomic E-state index is 5.89. The molecule has 2 aliphatic heterocycles. The molecule has 0 aliphatic carbocycles. The normalized spacial score (nSPS) is 43.6. The van der Waals surface area contributed by atoms with Gasteiger partial charge in [0.15, 0.2) is 0 Å². The van der Waals surface area contributed by atoms with Crippen LogP contribution in [0.5, 0.6) is 0 Å². The van der Waals surface area contributed by atoms with E-state index >= 15 is 0 Å². The van der Waals surface area contributed by atoms with Crippen molar-refractivity contribution in [2.45, 2.75) is 76.7 Å². The van der Waals surface area contributed by atoms with E-state index in [4.69, 9.17) is 9.47 Å². The van der Waals surface area contributed by atoms with E-state index < -0.39 is 0 Å². The third-order valence-corrected chi connectivity index (χ3v) is 4.30. The summed E-state index contributed by atoms with van der Waals surface area (Å²) >= 11 is 0. The SMILES string of the molecule is CCC1(C)CC(NC2CCOC(C)C2)CCO1. The Bertz CT molecular complexity index is 246. The van der Waals surface area contributed by atoms with Gasteiger partial charge in [0.1, 0.15) is 0 Å². The number of hydrogen-bond donors (Lipinski definition) is 1. The van der Waals surface area contributed by atoms with Crippen molar-refractivity contribution in [2.24, 2.45) is 0 Å². The molecule has 2 heterocycles. The summed E-state index contributed by atoms with van der Waals surface area (Å²) in [5, 5.41) is 3.82. The van der Waals surface area contributed by atoms with Crippen LogP contribution < -0.4 is 5.32 Å². The molecule has 0 aromatic heterocycles. The zero-order chi connectivity index (χ0) is 12.3. The van der Waals surface area contributed by atoms with Crippen LogP contribution in [0.15, 0.2) is 0 Å². The van der Waals surface area contributed by atoms with Gasteiger partial charge in [0, 0.05) is 25.3 Å². The quantitative estimate of drug-likeness (QED) is 0.823. The molecule has 0 spiro atoms. The standard InChI is InChI=1S/C14H27NO2/c1-4-14(3)10-13(6-8-17-14)15-12-5-7-16-11(2)9-12/h11-13,15H,4-10H2,1-3H3. The van der Waals surface area contributed by atoms with Crippen LogP contribution in [0.2, 0.25) is 0 Å². The summed E-state index contributed by atoms with van der Waals surface area (Å²) in [4.78, 5) is 0. The second kappa shape index (κ2) is 5.68. The van der Waals surface area contributed by atoms with E-state index in [0.717, 1.165) is 45.3 Å². The molecule has 0 aromatic carbocycles. The number of ether oxygens (including phenoxy) is 2. The summed E-state index contributed by atoms with van der Waals surface area (Å²) in [6, 6.07) is 1.27. The molecule has 1 N–H and O–H groups in total. The van der Waals surface area contributed by atoms with E-state index in [-0.39, 0.29) is 5.60 Å². The molecule has 0 saturated carbocycles. The van der Waals surface area contributed by atoms with Crippen molar-refractivity contribution >= 4 is 0 Å².